The molecular formula is C9H13Cl2N3. The van der Waals surface area contributed by atoms with E-state index in [0.717, 1.165) is 13.1 Å². The van der Waals surface area contributed by atoms with Crippen molar-refractivity contribution in [3.05, 3.63) is 16.1 Å². The molecule has 0 amide bonds. The lowest BCUT2D eigenvalue weighted by Gasteiger charge is -2.21. The van der Waals surface area contributed by atoms with Gasteiger partial charge in [0.2, 0.25) is 0 Å². The lowest BCUT2D eigenvalue weighted by atomic mass is 10.4. The molecule has 0 aromatic carbocycles. The molecular weight excluding hydrogens is 221 g/mol. The minimum Gasteiger partial charge on any atom is -0.382 e. The van der Waals surface area contributed by atoms with Gasteiger partial charge in [0.25, 0.3) is 0 Å². The van der Waals surface area contributed by atoms with Crippen LogP contribution in [0.2, 0.25) is 10.0 Å². The number of hydrogen-bond acceptors (Lipinski definition) is 3. The first-order valence-corrected chi connectivity index (χ1v) is 5.22. The van der Waals surface area contributed by atoms with Crippen LogP contribution in [0.4, 0.5) is 11.6 Å². The van der Waals surface area contributed by atoms with E-state index in [1.165, 1.54) is 0 Å². The molecule has 2 N–H and O–H groups in total. The molecule has 1 aromatic heterocycles. The molecule has 1 aromatic rings. The van der Waals surface area contributed by atoms with Crippen LogP contribution >= 0.6 is 23.2 Å². The predicted molar refractivity (Wildman–Crippen MR) is 62.2 cm³/mol. The number of anilines is 2. The highest BCUT2D eigenvalue weighted by molar-refractivity contribution is 6.37. The van der Waals surface area contributed by atoms with Crippen molar-refractivity contribution in [3.8, 4) is 0 Å². The van der Waals surface area contributed by atoms with E-state index in [9.17, 15) is 0 Å². The largest absolute Gasteiger partial charge is 0.382 e. The molecule has 0 saturated heterocycles. The summed E-state index contributed by atoms with van der Waals surface area (Å²) in [6.07, 6.45) is 0. The lowest BCUT2D eigenvalue weighted by Crippen LogP contribution is -2.23. The Morgan fingerprint density at radius 1 is 1.29 bits per heavy atom. The van der Waals surface area contributed by atoms with Gasteiger partial charge in [-0.3, -0.25) is 0 Å². The molecule has 1 rings (SSSR count). The monoisotopic (exact) mass is 233 g/mol. The van der Waals surface area contributed by atoms with Crippen LogP contribution in [-0.2, 0) is 0 Å². The standard InChI is InChI=1S/C9H13Cl2N3/c1-3-14(4-2)9-7(11)5-6(10)8(12)13-9/h5H,3-4H2,1-2H3,(H2,12,13). The molecule has 5 heteroatoms. The summed E-state index contributed by atoms with van der Waals surface area (Å²) in [4.78, 5) is 6.18. The molecule has 0 radical (unpaired) electrons. The van der Waals surface area contributed by atoms with Crippen molar-refractivity contribution in [1.29, 1.82) is 0 Å². The van der Waals surface area contributed by atoms with Crippen molar-refractivity contribution in [3.63, 3.8) is 0 Å². The highest BCUT2D eigenvalue weighted by atomic mass is 35.5. The molecule has 1 heterocycles. The number of nitrogen functional groups attached to an aromatic ring is 1. The van der Waals surface area contributed by atoms with Gasteiger partial charge in [-0.25, -0.2) is 4.98 Å². The molecule has 14 heavy (non-hydrogen) atoms. The van der Waals surface area contributed by atoms with Gasteiger partial charge < -0.3 is 10.6 Å². The summed E-state index contributed by atoms with van der Waals surface area (Å²) in [5.74, 6) is 1.01. The van der Waals surface area contributed by atoms with E-state index >= 15 is 0 Å². The zero-order chi connectivity index (χ0) is 10.7. The van der Waals surface area contributed by atoms with Crippen molar-refractivity contribution < 1.29 is 0 Å². The summed E-state index contributed by atoms with van der Waals surface area (Å²) < 4.78 is 0. The van der Waals surface area contributed by atoms with E-state index in [-0.39, 0.29) is 0 Å². The lowest BCUT2D eigenvalue weighted by molar-refractivity contribution is 0.847. The van der Waals surface area contributed by atoms with Crippen molar-refractivity contribution in [1.82, 2.24) is 4.98 Å². The van der Waals surface area contributed by atoms with E-state index in [4.69, 9.17) is 28.9 Å². The molecule has 0 fully saturated rings. The fourth-order valence-corrected chi connectivity index (χ4v) is 1.69. The van der Waals surface area contributed by atoms with Crippen molar-refractivity contribution in [2.75, 3.05) is 23.7 Å². The molecule has 0 spiro atoms. The van der Waals surface area contributed by atoms with Crippen LogP contribution in [0, 0.1) is 0 Å². The minimum atomic E-state index is 0.318. The maximum absolute atomic E-state index is 6.01. The van der Waals surface area contributed by atoms with Crippen LogP contribution < -0.4 is 10.6 Å². The van der Waals surface area contributed by atoms with Gasteiger partial charge in [0.05, 0.1) is 10.0 Å². The molecule has 0 bridgehead atoms. The Morgan fingerprint density at radius 2 is 1.86 bits per heavy atom. The Labute approximate surface area is 93.8 Å². The Kier molecular flexibility index (Phi) is 3.84. The van der Waals surface area contributed by atoms with Crippen LogP contribution in [0.15, 0.2) is 6.07 Å². The third-order valence-corrected chi connectivity index (χ3v) is 2.58. The topological polar surface area (TPSA) is 42.2 Å². The first-order valence-electron chi connectivity index (χ1n) is 4.46. The Hall–Kier alpha value is -0.670. The highest BCUT2D eigenvalue weighted by Crippen LogP contribution is 2.29. The second-order valence-corrected chi connectivity index (χ2v) is 3.65. The van der Waals surface area contributed by atoms with Gasteiger partial charge in [0.15, 0.2) is 0 Å². The first kappa shape index (κ1) is 11.4. The second kappa shape index (κ2) is 4.71. The summed E-state index contributed by atoms with van der Waals surface area (Å²) in [6, 6.07) is 1.62. The predicted octanol–water partition coefficient (Wildman–Crippen LogP) is 2.82. The van der Waals surface area contributed by atoms with E-state index in [1.807, 2.05) is 18.7 Å². The normalized spacial score (nSPS) is 10.3. The first-order chi connectivity index (χ1) is 6.60. The maximum Gasteiger partial charge on any atom is 0.149 e. The number of nitrogens with two attached hydrogens (primary N) is 1. The van der Waals surface area contributed by atoms with Gasteiger partial charge in [-0.05, 0) is 19.9 Å². The molecule has 0 aliphatic rings. The van der Waals surface area contributed by atoms with Gasteiger partial charge in [0, 0.05) is 13.1 Å². The fourth-order valence-electron chi connectivity index (χ4n) is 1.22. The zero-order valence-electron chi connectivity index (χ0n) is 8.22. The average molecular weight is 234 g/mol. The zero-order valence-corrected chi connectivity index (χ0v) is 9.73. The van der Waals surface area contributed by atoms with Gasteiger partial charge in [-0.1, -0.05) is 23.2 Å². The number of nitrogens with zero attached hydrogens (tertiary/aromatic N) is 2. The van der Waals surface area contributed by atoms with Crippen molar-refractivity contribution >= 4 is 34.8 Å². The van der Waals surface area contributed by atoms with Gasteiger partial charge in [0.1, 0.15) is 11.6 Å². The second-order valence-electron chi connectivity index (χ2n) is 2.83. The third-order valence-electron chi connectivity index (χ3n) is 2.00. The SMILES string of the molecule is CCN(CC)c1nc(N)c(Cl)cc1Cl. The number of pyridine rings is 1. The van der Waals surface area contributed by atoms with Gasteiger partial charge in [-0.15, -0.1) is 0 Å². The summed E-state index contributed by atoms with van der Waals surface area (Å²) in [7, 11) is 0. The van der Waals surface area contributed by atoms with E-state index in [0.29, 0.717) is 21.7 Å². The van der Waals surface area contributed by atoms with Gasteiger partial charge in [-0.2, -0.15) is 0 Å². The average Bonchev–Trinajstić information content (AvgIpc) is 2.15. The molecule has 0 unspecified atom stereocenters. The van der Waals surface area contributed by atoms with Crippen LogP contribution in [0.25, 0.3) is 0 Å². The number of halogens is 2. The number of aromatic nitrogens is 1. The van der Waals surface area contributed by atoms with Crippen molar-refractivity contribution in [2.45, 2.75) is 13.8 Å². The quantitative estimate of drug-likeness (QED) is 0.874. The molecule has 3 nitrogen and oxygen atoms in total. The molecule has 0 aliphatic carbocycles. The maximum atomic E-state index is 6.01. The smallest absolute Gasteiger partial charge is 0.149 e. The van der Waals surface area contributed by atoms with Crippen LogP contribution in [-0.4, -0.2) is 18.1 Å². The number of hydrogen-bond donors (Lipinski definition) is 1. The summed E-state index contributed by atoms with van der Waals surface area (Å²) >= 11 is 11.8. The number of rotatable bonds is 3. The van der Waals surface area contributed by atoms with Gasteiger partial charge >= 0.3 is 0 Å². The summed E-state index contributed by atoms with van der Waals surface area (Å²) in [5.41, 5.74) is 5.61. The van der Waals surface area contributed by atoms with Crippen LogP contribution in [0.3, 0.4) is 0 Å². The van der Waals surface area contributed by atoms with Crippen LogP contribution in [0.1, 0.15) is 13.8 Å². The van der Waals surface area contributed by atoms with E-state index in [1.54, 1.807) is 6.07 Å². The fraction of sp³-hybridized carbons (Fsp3) is 0.444. The molecule has 0 atom stereocenters. The van der Waals surface area contributed by atoms with Crippen molar-refractivity contribution in [2.24, 2.45) is 0 Å². The summed E-state index contributed by atoms with van der Waals surface area (Å²) in [5, 5.41) is 0.929. The molecule has 0 saturated carbocycles. The Balaban J connectivity index is 3.14. The minimum absolute atomic E-state index is 0.318. The van der Waals surface area contributed by atoms with E-state index < -0.39 is 0 Å². The highest BCUT2D eigenvalue weighted by Gasteiger charge is 2.11. The van der Waals surface area contributed by atoms with E-state index in [2.05, 4.69) is 4.98 Å². The summed E-state index contributed by atoms with van der Waals surface area (Å²) in [6.45, 7) is 5.74. The Bertz CT molecular complexity index is 324. The molecule has 78 valence electrons. The van der Waals surface area contributed by atoms with Crippen LogP contribution in [0.5, 0.6) is 0 Å². The third kappa shape index (κ3) is 2.22. The molecule has 0 aliphatic heterocycles. The Morgan fingerprint density at radius 3 is 2.36 bits per heavy atom.